The van der Waals surface area contributed by atoms with Crippen molar-refractivity contribution in [1.82, 2.24) is 0 Å². The van der Waals surface area contributed by atoms with E-state index < -0.39 is 12.0 Å². The number of hydrogen-bond acceptors (Lipinski definition) is 6. The molecule has 0 spiro atoms. The lowest BCUT2D eigenvalue weighted by molar-refractivity contribution is 0.0693. The van der Waals surface area contributed by atoms with Crippen LogP contribution in [0.1, 0.15) is 62.1 Å². The van der Waals surface area contributed by atoms with E-state index in [1.165, 1.54) is 12.1 Å². The van der Waals surface area contributed by atoms with Crippen molar-refractivity contribution in [3.63, 3.8) is 0 Å². The number of aromatic hydroxyl groups is 1. The van der Waals surface area contributed by atoms with Crippen LogP contribution in [0.3, 0.4) is 0 Å². The highest BCUT2D eigenvalue weighted by atomic mass is 16.4. The Bertz CT molecular complexity index is 933. The Morgan fingerprint density at radius 2 is 1.74 bits per heavy atom. The summed E-state index contributed by atoms with van der Waals surface area (Å²) in [7, 11) is 1.78. The molecule has 0 aliphatic rings. The third kappa shape index (κ3) is 5.54. The van der Waals surface area contributed by atoms with Gasteiger partial charge in [0, 0.05) is 44.1 Å². The van der Waals surface area contributed by atoms with Gasteiger partial charge in [0.1, 0.15) is 17.4 Å². The number of nitrogens with zero attached hydrogens (tertiary/aromatic N) is 3. The lowest BCUT2D eigenvalue weighted by Gasteiger charge is -2.31. The van der Waals surface area contributed by atoms with Crippen molar-refractivity contribution in [2.45, 2.75) is 46.1 Å². The second kappa shape index (κ2) is 9.81. The number of carboxylic acid groups (broad SMARTS) is 1. The zero-order chi connectivity index (χ0) is 23.3. The van der Waals surface area contributed by atoms with E-state index in [4.69, 9.17) is 5.11 Å². The molecule has 2 aromatic carbocycles. The van der Waals surface area contributed by atoms with E-state index in [9.17, 15) is 14.8 Å². The Morgan fingerprint density at radius 3 is 2.23 bits per heavy atom. The Hall–Kier alpha value is -3.09. The van der Waals surface area contributed by atoms with Gasteiger partial charge in [-0.3, -0.25) is 0 Å². The minimum atomic E-state index is -1.19. The molecule has 0 heterocycles. The molecule has 7 nitrogen and oxygen atoms in total. The number of carboxylic acids is 1. The summed E-state index contributed by atoms with van der Waals surface area (Å²) in [5.41, 5.74) is 3.48. The van der Waals surface area contributed by atoms with Crippen molar-refractivity contribution in [2.24, 2.45) is 5.18 Å². The van der Waals surface area contributed by atoms with E-state index in [0.717, 1.165) is 29.9 Å². The maximum Gasteiger partial charge on any atom is 0.339 e. The highest BCUT2D eigenvalue weighted by molar-refractivity contribution is 5.91. The largest absolute Gasteiger partial charge is 0.507 e. The summed E-state index contributed by atoms with van der Waals surface area (Å²) in [5.74, 6) is -1.51. The van der Waals surface area contributed by atoms with Crippen molar-refractivity contribution >= 4 is 17.3 Å². The Balaban J connectivity index is 2.36. The minimum absolute atomic E-state index is 0.105. The van der Waals surface area contributed by atoms with Crippen LogP contribution in [-0.2, 0) is 5.41 Å². The number of phenols is 1. The summed E-state index contributed by atoms with van der Waals surface area (Å²) in [6.07, 6.45) is 0. The monoisotopic (exact) mass is 427 g/mol. The molecule has 1 unspecified atom stereocenters. The molecule has 0 aromatic heterocycles. The average molecular weight is 428 g/mol. The second-order valence-electron chi connectivity index (χ2n) is 8.71. The van der Waals surface area contributed by atoms with Crippen molar-refractivity contribution < 1.29 is 15.0 Å². The summed E-state index contributed by atoms with van der Waals surface area (Å²) >= 11 is 0. The van der Waals surface area contributed by atoms with Gasteiger partial charge in [0.2, 0.25) is 0 Å². The van der Waals surface area contributed by atoms with Crippen LogP contribution in [0, 0.1) is 4.91 Å². The van der Waals surface area contributed by atoms with Crippen LogP contribution in [-0.4, -0.2) is 42.9 Å². The van der Waals surface area contributed by atoms with Crippen molar-refractivity contribution in [1.29, 1.82) is 0 Å². The van der Waals surface area contributed by atoms with Gasteiger partial charge in [0.25, 0.3) is 0 Å². The molecule has 0 aliphatic heterocycles. The zero-order valence-corrected chi connectivity index (χ0v) is 19.2. The minimum Gasteiger partial charge on any atom is -0.507 e. The molecule has 0 saturated carbocycles. The lowest BCUT2D eigenvalue weighted by Crippen LogP contribution is -2.27. The third-order valence-electron chi connectivity index (χ3n) is 5.54. The lowest BCUT2D eigenvalue weighted by atomic mass is 9.83. The quantitative estimate of drug-likeness (QED) is 0.536. The first-order chi connectivity index (χ1) is 14.5. The number of likely N-dealkylation sites (N-methyl/N-ethyl adjacent to an activating group) is 1. The Morgan fingerprint density at radius 1 is 1.10 bits per heavy atom. The van der Waals surface area contributed by atoms with E-state index in [0.29, 0.717) is 12.2 Å². The number of rotatable bonds is 9. The van der Waals surface area contributed by atoms with Gasteiger partial charge in [0.05, 0.1) is 0 Å². The van der Waals surface area contributed by atoms with Crippen LogP contribution in [0.2, 0.25) is 0 Å². The molecule has 0 fully saturated rings. The van der Waals surface area contributed by atoms with E-state index in [1.54, 1.807) is 18.0 Å². The van der Waals surface area contributed by atoms with Gasteiger partial charge in [-0.25, -0.2) is 4.79 Å². The predicted octanol–water partition coefficient (Wildman–Crippen LogP) is 5.18. The molecule has 0 bridgehead atoms. The number of anilines is 2. The van der Waals surface area contributed by atoms with Gasteiger partial charge in [-0.15, -0.1) is 0 Å². The summed E-state index contributed by atoms with van der Waals surface area (Å²) in [6, 6.07) is 9.81. The number of aromatic carboxylic acids is 1. The third-order valence-corrected chi connectivity index (χ3v) is 5.54. The summed E-state index contributed by atoms with van der Waals surface area (Å²) in [5, 5.41) is 22.4. The maximum atomic E-state index is 11.8. The topological polar surface area (TPSA) is 93.4 Å². The molecular formula is C24H33N3O4. The number of nitroso groups, excluding NO2 is 1. The van der Waals surface area contributed by atoms with Gasteiger partial charge in [-0.1, -0.05) is 38.1 Å². The fraction of sp³-hybridized carbons (Fsp3) is 0.458. The van der Waals surface area contributed by atoms with Crippen molar-refractivity contribution in [3.8, 4) is 5.75 Å². The Labute approximate surface area is 184 Å². The molecule has 0 radical (unpaired) electrons. The molecule has 2 rings (SSSR count). The normalized spacial score (nSPS) is 12.3. The average Bonchev–Trinajstić information content (AvgIpc) is 2.71. The van der Waals surface area contributed by atoms with Crippen LogP contribution in [0.4, 0.5) is 11.4 Å². The molecular weight excluding hydrogens is 394 g/mol. The van der Waals surface area contributed by atoms with E-state index in [2.05, 4.69) is 56.8 Å². The molecule has 2 aromatic rings. The molecule has 0 saturated heterocycles. The number of carbonyl (C=O) groups is 1. The molecule has 0 amide bonds. The van der Waals surface area contributed by atoms with Gasteiger partial charge < -0.3 is 20.0 Å². The standard InChI is InChI=1S/C24H33N3O4/c1-7-27(8-2)21-12-9-16(13-19(21)24(3,4)5)20(25-31)15-26(6)17-10-11-18(23(29)30)22(28)14-17/h9-14,20,28H,7-8,15H2,1-6H3,(H,29,30). The maximum absolute atomic E-state index is 11.8. The highest BCUT2D eigenvalue weighted by Gasteiger charge is 2.24. The first-order valence-electron chi connectivity index (χ1n) is 10.5. The van der Waals surface area contributed by atoms with Crippen molar-refractivity contribution in [2.75, 3.05) is 36.5 Å². The van der Waals surface area contributed by atoms with Crippen molar-refractivity contribution in [3.05, 3.63) is 58.0 Å². The highest BCUT2D eigenvalue weighted by Crippen LogP contribution is 2.35. The first kappa shape index (κ1) is 24.2. The summed E-state index contributed by atoms with van der Waals surface area (Å²) in [6.45, 7) is 12.8. The SMILES string of the molecule is CCN(CC)c1ccc(C(CN(C)c2ccc(C(=O)O)c(O)c2)N=O)cc1C(C)(C)C. The summed E-state index contributed by atoms with van der Waals surface area (Å²) < 4.78 is 0. The van der Waals surface area contributed by atoms with Gasteiger partial charge in [-0.2, -0.15) is 4.91 Å². The summed E-state index contributed by atoms with van der Waals surface area (Å²) in [4.78, 5) is 27.0. The fourth-order valence-corrected chi connectivity index (χ4v) is 3.70. The van der Waals surface area contributed by atoms with E-state index in [-0.39, 0.29) is 16.7 Å². The molecule has 0 aliphatic carbocycles. The fourth-order valence-electron chi connectivity index (χ4n) is 3.70. The van der Waals surface area contributed by atoms with Crippen LogP contribution < -0.4 is 9.80 Å². The molecule has 1 atom stereocenters. The van der Waals surface area contributed by atoms with E-state index in [1.807, 2.05) is 6.07 Å². The Kier molecular flexibility index (Phi) is 7.65. The van der Waals surface area contributed by atoms with Crippen LogP contribution in [0.15, 0.2) is 41.6 Å². The molecule has 7 heteroatoms. The van der Waals surface area contributed by atoms with E-state index >= 15 is 0 Å². The van der Waals surface area contributed by atoms with Gasteiger partial charge in [0.15, 0.2) is 0 Å². The molecule has 31 heavy (non-hydrogen) atoms. The zero-order valence-electron chi connectivity index (χ0n) is 19.2. The predicted molar refractivity (Wildman–Crippen MR) is 126 cm³/mol. The molecule has 168 valence electrons. The van der Waals surface area contributed by atoms with Gasteiger partial charge >= 0.3 is 5.97 Å². The number of hydrogen-bond donors (Lipinski definition) is 2. The smallest absolute Gasteiger partial charge is 0.339 e. The van der Waals surface area contributed by atoms with Crippen LogP contribution >= 0.6 is 0 Å². The number of benzene rings is 2. The molecule has 2 N–H and O–H groups in total. The first-order valence-corrected chi connectivity index (χ1v) is 10.5. The van der Waals surface area contributed by atoms with Crippen LogP contribution in [0.5, 0.6) is 5.75 Å². The van der Waals surface area contributed by atoms with Crippen LogP contribution in [0.25, 0.3) is 0 Å². The second-order valence-corrected chi connectivity index (χ2v) is 8.71. The van der Waals surface area contributed by atoms with Gasteiger partial charge in [-0.05, 0) is 48.6 Å².